The first-order chi connectivity index (χ1) is 11.5. The molecule has 0 bridgehead atoms. The summed E-state index contributed by atoms with van der Waals surface area (Å²) in [6.45, 7) is 4.02. The molecule has 0 spiro atoms. The molecule has 124 valence electrons. The molecule has 1 aromatic carbocycles. The molecule has 5 nitrogen and oxygen atoms in total. The monoisotopic (exact) mass is 343 g/mol. The van der Waals surface area contributed by atoms with Gasteiger partial charge in [0.05, 0.1) is 21.6 Å². The molecule has 1 aromatic heterocycles. The van der Waals surface area contributed by atoms with Crippen molar-refractivity contribution in [3.05, 3.63) is 66.0 Å². The minimum absolute atomic E-state index is 0.219. The molecular weight excluding hydrogens is 326 g/mol. The summed E-state index contributed by atoms with van der Waals surface area (Å²) in [7, 11) is -1.43. The molecule has 0 fully saturated rings. The lowest BCUT2D eigenvalue weighted by molar-refractivity contribution is -0.138. The van der Waals surface area contributed by atoms with Gasteiger partial charge in [-0.05, 0) is 12.5 Å². The summed E-state index contributed by atoms with van der Waals surface area (Å²) in [5, 5.41) is 9.37. The number of hydrogen-bond acceptors (Lipinski definition) is 3. The van der Waals surface area contributed by atoms with Crippen LogP contribution >= 0.6 is 0 Å². The first kappa shape index (κ1) is 16.4. The molecule has 3 rings (SSSR count). The van der Waals surface area contributed by atoms with Crippen molar-refractivity contribution in [3.8, 4) is 0 Å². The van der Waals surface area contributed by atoms with Crippen LogP contribution in [0.1, 0.15) is 34.1 Å². The van der Waals surface area contributed by atoms with Gasteiger partial charge in [-0.1, -0.05) is 36.4 Å². The summed E-state index contributed by atoms with van der Waals surface area (Å²) in [5.74, 6) is -1.61. The van der Waals surface area contributed by atoms with Gasteiger partial charge in [0.15, 0.2) is 0 Å². The Bertz CT molecular complexity index is 838. The van der Waals surface area contributed by atoms with Gasteiger partial charge in [-0.3, -0.25) is 13.8 Å². The number of carbonyl (C=O) groups excluding carboxylic acids is 1. The fourth-order valence-corrected chi connectivity index (χ4v) is 4.12. The molecule has 0 radical (unpaired) electrons. The zero-order valence-electron chi connectivity index (χ0n) is 13.0. The molecule has 0 amide bonds. The summed E-state index contributed by atoms with van der Waals surface area (Å²) in [6.07, 6.45) is 1.97. The SMILES string of the molecule is C=CCS(=O)c1cc2n(c1C(=O)c1ccccc1)CCC2C(=O)O. The predicted octanol–water partition coefficient (Wildman–Crippen LogP) is 2.58. The van der Waals surface area contributed by atoms with E-state index in [4.69, 9.17) is 0 Å². The van der Waals surface area contributed by atoms with Crippen molar-refractivity contribution in [2.24, 2.45) is 0 Å². The third-order valence-electron chi connectivity index (χ3n) is 4.16. The zero-order chi connectivity index (χ0) is 17.3. The lowest BCUT2D eigenvalue weighted by Gasteiger charge is -2.08. The quantitative estimate of drug-likeness (QED) is 0.646. The number of benzene rings is 1. The van der Waals surface area contributed by atoms with E-state index >= 15 is 0 Å². The second-order valence-corrected chi connectivity index (χ2v) is 7.07. The molecule has 2 heterocycles. The highest BCUT2D eigenvalue weighted by molar-refractivity contribution is 7.85. The second kappa shape index (κ2) is 6.57. The zero-order valence-corrected chi connectivity index (χ0v) is 13.8. The Balaban J connectivity index is 2.15. The van der Waals surface area contributed by atoms with Crippen LogP contribution in [0.3, 0.4) is 0 Å². The first-order valence-electron chi connectivity index (χ1n) is 7.59. The first-order valence-corrected chi connectivity index (χ1v) is 8.91. The summed E-state index contributed by atoms with van der Waals surface area (Å²) in [6, 6.07) is 10.4. The van der Waals surface area contributed by atoms with E-state index in [1.807, 2.05) is 6.07 Å². The fourth-order valence-electron chi connectivity index (χ4n) is 3.06. The van der Waals surface area contributed by atoms with Gasteiger partial charge in [0.25, 0.3) is 0 Å². The van der Waals surface area contributed by atoms with Crippen molar-refractivity contribution in [1.82, 2.24) is 4.57 Å². The Morgan fingerprint density at radius 1 is 1.33 bits per heavy atom. The highest BCUT2D eigenvalue weighted by Gasteiger charge is 2.35. The Labute approximate surface area is 142 Å². The molecule has 0 saturated carbocycles. The highest BCUT2D eigenvalue weighted by atomic mass is 32.2. The fraction of sp³-hybridized carbons (Fsp3) is 0.222. The van der Waals surface area contributed by atoms with E-state index in [-0.39, 0.29) is 11.5 Å². The van der Waals surface area contributed by atoms with Crippen molar-refractivity contribution in [2.45, 2.75) is 23.8 Å². The lowest BCUT2D eigenvalue weighted by Crippen LogP contribution is -2.12. The van der Waals surface area contributed by atoms with Gasteiger partial charge in [0, 0.05) is 23.6 Å². The number of fused-ring (bicyclic) bond motifs is 1. The van der Waals surface area contributed by atoms with E-state index in [2.05, 4.69) is 6.58 Å². The van der Waals surface area contributed by atoms with Crippen LogP contribution in [0.2, 0.25) is 0 Å². The number of aromatic nitrogens is 1. The normalized spacial score (nSPS) is 17.2. The largest absolute Gasteiger partial charge is 0.481 e. The molecular formula is C18H17NO4S. The Morgan fingerprint density at radius 2 is 2.04 bits per heavy atom. The molecule has 0 aliphatic carbocycles. The third-order valence-corrected chi connectivity index (χ3v) is 5.50. The number of carboxylic acids is 1. The van der Waals surface area contributed by atoms with Crippen molar-refractivity contribution in [3.63, 3.8) is 0 Å². The van der Waals surface area contributed by atoms with Crippen LogP contribution in [0.15, 0.2) is 53.9 Å². The van der Waals surface area contributed by atoms with E-state index in [0.717, 1.165) is 0 Å². The van der Waals surface area contributed by atoms with E-state index in [9.17, 15) is 18.9 Å². The summed E-state index contributed by atoms with van der Waals surface area (Å²) in [4.78, 5) is 24.8. The van der Waals surface area contributed by atoms with Gasteiger partial charge in [-0.15, -0.1) is 6.58 Å². The topological polar surface area (TPSA) is 76.4 Å². The van der Waals surface area contributed by atoms with Crippen LogP contribution in [0, 0.1) is 0 Å². The van der Waals surface area contributed by atoms with Gasteiger partial charge in [-0.25, -0.2) is 0 Å². The molecule has 2 aromatic rings. The molecule has 1 N–H and O–H groups in total. The van der Waals surface area contributed by atoms with Crippen molar-refractivity contribution in [2.75, 3.05) is 5.75 Å². The van der Waals surface area contributed by atoms with Crippen LogP contribution in [-0.4, -0.2) is 31.4 Å². The lowest BCUT2D eigenvalue weighted by atomic mass is 10.1. The van der Waals surface area contributed by atoms with E-state index in [1.165, 1.54) is 6.08 Å². The van der Waals surface area contributed by atoms with Crippen LogP contribution in [-0.2, 0) is 22.1 Å². The number of nitrogens with zero attached hydrogens (tertiary/aromatic N) is 1. The average Bonchev–Trinajstić information content (AvgIpc) is 3.14. The maximum atomic E-state index is 12.9. The third kappa shape index (κ3) is 2.73. The number of rotatable bonds is 6. The van der Waals surface area contributed by atoms with Crippen molar-refractivity contribution in [1.29, 1.82) is 0 Å². The van der Waals surface area contributed by atoms with Gasteiger partial charge < -0.3 is 9.67 Å². The van der Waals surface area contributed by atoms with Crippen molar-refractivity contribution < 1.29 is 18.9 Å². The summed E-state index contributed by atoms with van der Waals surface area (Å²) >= 11 is 0. The summed E-state index contributed by atoms with van der Waals surface area (Å²) < 4.78 is 14.2. The van der Waals surface area contributed by atoms with E-state index in [1.54, 1.807) is 34.9 Å². The van der Waals surface area contributed by atoms with Crippen LogP contribution in [0.4, 0.5) is 0 Å². The molecule has 6 heteroatoms. The van der Waals surface area contributed by atoms with Crippen molar-refractivity contribution >= 4 is 22.6 Å². The van der Waals surface area contributed by atoms with E-state index in [0.29, 0.717) is 34.8 Å². The minimum Gasteiger partial charge on any atom is -0.481 e. The van der Waals surface area contributed by atoms with Crippen LogP contribution in [0.5, 0.6) is 0 Å². The van der Waals surface area contributed by atoms with Gasteiger partial charge in [-0.2, -0.15) is 0 Å². The van der Waals surface area contributed by atoms with E-state index < -0.39 is 22.7 Å². The average molecular weight is 343 g/mol. The maximum absolute atomic E-state index is 12.9. The molecule has 2 atom stereocenters. The number of carbonyl (C=O) groups is 2. The van der Waals surface area contributed by atoms with Gasteiger partial charge in [0.2, 0.25) is 5.78 Å². The van der Waals surface area contributed by atoms with Crippen LogP contribution in [0.25, 0.3) is 0 Å². The Hall–Kier alpha value is -2.47. The number of carboxylic acid groups (broad SMARTS) is 1. The standard InChI is InChI=1S/C18H17NO4S/c1-2-10-24(23)15-11-14-13(18(21)22)8-9-19(14)16(15)17(20)12-6-4-3-5-7-12/h2-7,11,13H,1,8-10H2,(H,21,22). The summed E-state index contributed by atoms with van der Waals surface area (Å²) in [5.41, 5.74) is 1.38. The van der Waals surface area contributed by atoms with Crippen LogP contribution < -0.4 is 0 Å². The second-order valence-electron chi connectivity index (χ2n) is 5.61. The van der Waals surface area contributed by atoms with Gasteiger partial charge >= 0.3 is 5.97 Å². The maximum Gasteiger partial charge on any atom is 0.312 e. The molecule has 1 aliphatic heterocycles. The molecule has 1 aliphatic rings. The molecule has 2 unspecified atom stereocenters. The predicted molar refractivity (Wildman–Crippen MR) is 90.8 cm³/mol. The van der Waals surface area contributed by atoms with Gasteiger partial charge in [0.1, 0.15) is 5.69 Å². The highest BCUT2D eigenvalue weighted by Crippen LogP contribution is 2.35. The Kier molecular flexibility index (Phi) is 4.49. The number of hydrogen-bond donors (Lipinski definition) is 1. The molecule has 0 saturated heterocycles. The number of aliphatic carboxylic acids is 1. The minimum atomic E-state index is -1.43. The smallest absolute Gasteiger partial charge is 0.312 e. The molecule has 24 heavy (non-hydrogen) atoms. The Morgan fingerprint density at radius 3 is 2.67 bits per heavy atom. The number of ketones is 1.